The SMILES string of the molecule is CCCN(C(=O)/C=C/c1ccc(OC)c(S(=O)(=O)NC)c1)C(C)C(=O)Nc1ccccc1. The summed E-state index contributed by atoms with van der Waals surface area (Å²) in [5, 5.41) is 2.81. The van der Waals surface area contributed by atoms with Crippen LogP contribution in [0.1, 0.15) is 25.8 Å². The number of anilines is 1. The molecule has 2 amide bonds. The van der Waals surface area contributed by atoms with Crippen LogP contribution in [0.5, 0.6) is 5.75 Å². The molecule has 0 aliphatic heterocycles. The maximum atomic E-state index is 12.9. The van der Waals surface area contributed by atoms with Gasteiger partial charge in [0.25, 0.3) is 0 Å². The second-order valence-electron chi connectivity index (χ2n) is 7.01. The molecule has 0 aliphatic rings. The minimum Gasteiger partial charge on any atom is -0.495 e. The van der Waals surface area contributed by atoms with E-state index < -0.39 is 16.1 Å². The topological polar surface area (TPSA) is 105 Å². The third kappa shape index (κ3) is 6.41. The molecular weight excluding hydrogens is 430 g/mol. The van der Waals surface area contributed by atoms with E-state index in [-0.39, 0.29) is 22.5 Å². The van der Waals surface area contributed by atoms with Gasteiger partial charge >= 0.3 is 0 Å². The number of sulfonamides is 1. The van der Waals surface area contributed by atoms with Crippen molar-refractivity contribution in [1.82, 2.24) is 9.62 Å². The van der Waals surface area contributed by atoms with Crippen molar-refractivity contribution in [3.63, 3.8) is 0 Å². The fourth-order valence-electron chi connectivity index (χ4n) is 3.03. The van der Waals surface area contributed by atoms with E-state index in [2.05, 4.69) is 10.0 Å². The normalized spacial score (nSPS) is 12.4. The highest BCUT2D eigenvalue weighted by Gasteiger charge is 2.24. The summed E-state index contributed by atoms with van der Waals surface area (Å²) in [6, 6.07) is 12.9. The summed E-state index contributed by atoms with van der Waals surface area (Å²) in [6.45, 7) is 3.99. The number of nitrogens with one attached hydrogen (secondary N) is 2. The molecule has 1 atom stereocenters. The van der Waals surface area contributed by atoms with Crippen molar-refractivity contribution >= 4 is 33.6 Å². The monoisotopic (exact) mass is 459 g/mol. The van der Waals surface area contributed by atoms with Crippen molar-refractivity contribution in [3.05, 3.63) is 60.2 Å². The Kier molecular flexibility index (Phi) is 8.98. The number of nitrogens with zero attached hydrogens (tertiary/aromatic N) is 1. The molecule has 0 saturated heterocycles. The zero-order valence-corrected chi connectivity index (χ0v) is 19.5. The van der Waals surface area contributed by atoms with Gasteiger partial charge in [0.2, 0.25) is 21.8 Å². The smallest absolute Gasteiger partial charge is 0.247 e. The molecule has 0 aliphatic carbocycles. The predicted molar refractivity (Wildman–Crippen MR) is 125 cm³/mol. The van der Waals surface area contributed by atoms with Crippen molar-refractivity contribution in [1.29, 1.82) is 0 Å². The number of hydrogen-bond donors (Lipinski definition) is 2. The van der Waals surface area contributed by atoms with Crippen LogP contribution in [0.4, 0.5) is 5.69 Å². The Bertz CT molecular complexity index is 1070. The fraction of sp³-hybridized carbons (Fsp3) is 0.304. The van der Waals surface area contributed by atoms with Crippen molar-refractivity contribution < 1.29 is 22.7 Å². The molecule has 2 N–H and O–H groups in total. The first kappa shape index (κ1) is 25.1. The first-order chi connectivity index (χ1) is 15.2. The zero-order valence-electron chi connectivity index (χ0n) is 18.7. The van der Waals surface area contributed by atoms with Crippen LogP contribution in [-0.2, 0) is 19.6 Å². The van der Waals surface area contributed by atoms with Crippen LogP contribution < -0.4 is 14.8 Å². The quantitative estimate of drug-likeness (QED) is 0.532. The molecule has 172 valence electrons. The molecule has 9 heteroatoms. The minimum absolute atomic E-state index is 0.0295. The van der Waals surface area contributed by atoms with E-state index in [1.807, 2.05) is 25.1 Å². The number of carbonyl (C=O) groups excluding carboxylic acids is 2. The summed E-state index contributed by atoms with van der Waals surface area (Å²) in [4.78, 5) is 27.0. The Hall–Kier alpha value is -3.17. The molecule has 1 unspecified atom stereocenters. The number of para-hydroxylation sites is 1. The molecule has 0 fully saturated rings. The number of amides is 2. The number of hydrogen-bond acceptors (Lipinski definition) is 5. The molecule has 0 radical (unpaired) electrons. The van der Waals surface area contributed by atoms with Crippen LogP contribution in [-0.4, -0.2) is 51.9 Å². The van der Waals surface area contributed by atoms with E-state index in [0.29, 0.717) is 24.2 Å². The Morgan fingerprint density at radius 2 is 1.84 bits per heavy atom. The van der Waals surface area contributed by atoms with Crippen LogP contribution >= 0.6 is 0 Å². The van der Waals surface area contributed by atoms with Gasteiger partial charge in [-0.2, -0.15) is 0 Å². The summed E-state index contributed by atoms with van der Waals surface area (Å²) in [7, 11) is -1.05. The Morgan fingerprint density at radius 1 is 1.16 bits per heavy atom. The summed E-state index contributed by atoms with van der Waals surface area (Å²) in [5.74, 6) is -0.448. The van der Waals surface area contributed by atoms with Gasteiger partial charge in [-0.05, 0) is 56.3 Å². The van der Waals surface area contributed by atoms with E-state index in [1.165, 1.54) is 43.3 Å². The average Bonchev–Trinajstić information content (AvgIpc) is 2.80. The third-order valence-electron chi connectivity index (χ3n) is 4.80. The van der Waals surface area contributed by atoms with E-state index in [9.17, 15) is 18.0 Å². The fourth-order valence-corrected chi connectivity index (χ4v) is 3.95. The van der Waals surface area contributed by atoms with Crippen molar-refractivity contribution in [2.24, 2.45) is 0 Å². The maximum Gasteiger partial charge on any atom is 0.247 e. The molecule has 2 rings (SSSR count). The number of carbonyl (C=O) groups is 2. The van der Waals surface area contributed by atoms with Crippen LogP contribution in [0.2, 0.25) is 0 Å². The first-order valence-electron chi connectivity index (χ1n) is 10.2. The Labute approximate surface area is 189 Å². The third-order valence-corrected chi connectivity index (χ3v) is 6.24. The maximum absolute atomic E-state index is 12.9. The number of benzene rings is 2. The second-order valence-corrected chi connectivity index (χ2v) is 8.87. The number of rotatable bonds is 10. The molecule has 0 spiro atoms. The lowest BCUT2D eigenvalue weighted by molar-refractivity contribution is -0.134. The average molecular weight is 460 g/mol. The van der Waals surface area contributed by atoms with Gasteiger partial charge in [0.1, 0.15) is 16.7 Å². The van der Waals surface area contributed by atoms with Gasteiger partial charge in [0.05, 0.1) is 7.11 Å². The standard InChI is InChI=1S/C23H29N3O5S/c1-5-15-26(17(2)23(28)25-19-9-7-6-8-10-19)22(27)14-12-18-11-13-20(31-4)21(16-18)32(29,30)24-3/h6-14,16-17,24H,5,15H2,1-4H3,(H,25,28)/b14-12+. The van der Waals surface area contributed by atoms with Gasteiger partial charge in [-0.1, -0.05) is 31.2 Å². The van der Waals surface area contributed by atoms with Crippen molar-refractivity contribution in [2.45, 2.75) is 31.2 Å². The van der Waals surface area contributed by atoms with Crippen LogP contribution in [0.15, 0.2) is 59.5 Å². The molecule has 0 aromatic heterocycles. The lowest BCUT2D eigenvalue weighted by Gasteiger charge is -2.27. The predicted octanol–water partition coefficient (Wildman–Crippen LogP) is 2.88. The van der Waals surface area contributed by atoms with Gasteiger partial charge in [-0.15, -0.1) is 0 Å². The van der Waals surface area contributed by atoms with Gasteiger partial charge < -0.3 is 15.0 Å². The van der Waals surface area contributed by atoms with Gasteiger partial charge in [0.15, 0.2) is 0 Å². The lowest BCUT2D eigenvalue weighted by Crippen LogP contribution is -2.45. The molecule has 2 aromatic carbocycles. The molecule has 0 saturated carbocycles. The van der Waals surface area contributed by atoms with Gasteiger partial charge in [-0.3, -0.25) is 9.59 Å². The highest BCUT2D eigenvalue weighted by molar-refractivity contribution is 7.89. The van der Waals surface area contributed by atoms with Gasteiger partial charge in [-0.25, -0.2) is 13.1 Å². The summed E-state index contributed by atoms with van der Waals surface area (Å²) < 4.78 is 31.9. The second kappa shape index (κ2) is 11.4. The summed E-state index contributed by atoms with van der Waals surface area (Å²) in [6.07, 6.45) is 3.52. The number of ether oxygens (including phenoxy) is 1. The molecule has 0 heterocycles. The summed E-state index contributed by atoms with van der Waals surface area (Å²) in [5.41, 5.74) is 1.16. The number of methoxy groups -OCH3 is 1. The van der Waals surface area contributed by atoms with Crippen molar-refractivity contribution in [3.8, 4) is 5.75 Å². The molecule has 8 nitrogen and oxygen atoms in total. The minimum atomic E-state index is -3.74. The Morgan fingerprint density at radius 3 is 2.44 bits per heavy atom. The molecule has 2 aromatic rings. The lowest BCUT2D eigenvalue weighted by atomic mass is 10.1. The van der Waals surface area contributed by atoms with E-state index in [1.54, 1.807) is 25.1 Å². The summed E-state index contributed by atoms with van der Waals surface area (Å²) >= 11 is 0. The molecule has 32 heavy (non-hydrogen) atoms. The van der Waals surface area contributed by atoms with Gasteiger partial charge in [0, 0.05) is 18.3 Å². The Balaban J connectivity index is 2.22. The highest BCUT2D eigenvalue weighted by Crippen LogP contribution is 2.25. The van der Waals surface area contributed by atoms with Crippen molar-refractivity contribution in [2.75, 3.05) is 26.0 Å². The van der Waals surface area contributed by atoms with Crippen LogP contribution in [0, 0.1) is 0 Å². The van der Waals surface area contributed by atoms with E-state index in [0.717, 1.165) is 0 Å². The highest BCUT2D eigenvalue weighted by atomic mass is 32.2. The molecule has 0 bridgehead atoms. The van der Waals surface area contributed by atoms with E-state index in [4.69, 9.17) is 4.74 Å². The molecular formula is C23H29N3O5S. The largest absolute Gasteiger partial charge is 0.495 e. The van der Waals surface area contributed by atoms with Crippen LogP contribution in [0.3, 0.4) is 0 Å². The van der Waals surface area contributed by atoms with Crippen LogP contribution in [0.25, 0.3) is 6.08 Å². The first-order valence-corrected chi connectivity index (χ1v) is 11.7. The van der Waals surface area contributed by atoms with E-state index >= 15 is 0 Å². The zero-order chi connectivity index (χ0) is 23.7.